The average molecular weight is 367 g/mol. The molecule has 3 heterocycles. The topological polar surface area (TPSA) is 50.2 Å². The lowest BCUT2D eigenvalue weighted by molar-refractivity contribution is 0.0702. The van der Waals surface area contributed by atoms with E-state index in [1.54, 1.807) is 6.20 Å². The van der Waals surface area contributed by atoms with Crippen molar-refractivity contribution in [1.29, 1.82) is 0 Å². The minimum absolute atomic E-state index is 0.115. The maximum atomic E-state index is 13.4. The molecule has 2 unspecified atom stereocenters. The van der Waals surface area contributed by atoms with Crippen molar-refractivity contribution in [2.75, 3.05) is 11.9 Å². The molecule has 1 amide bonds. The first-order chi connectivity index (χ1) is 12.9. The number of nitrogens with one attached hydrogen (secondary N) is 1. The number of aromatic nitrogens is 2. The molecule has 0 radical (unpaired) electrons. The van der Waals surface area contributed by atoms with Gasteiger partial charge in [0.2, 0.25) is 0 Å². The van der Waals surface area contributed by atoms with Crippen LogP contribution >= 0.6 is 0 Å². The van der Waals surface area contributed by atoms with Crippen LogP contribution < -0.4 is 5.32 Å². The predicted molar refractivity (Wildman–Crippen MR) is 108 cm³/mol. The number of benzene rings is 1. The van der Waals surface area contributed by atoms with Crippen LogP contribution in [0.25, 0.3) is 0 Å². The van der Waals surface area contributed by atoms with Gasteiger partial charge in [-0.1, -0.05) is 44.2 Å². The minimum Gasteiger partial charge on any atom is -0.363 e. The van der Waals surface area contributed by atoms with Crippen LogP contribution in [0, 0.1) is 5.92 Å². The predicted octanol–water partition coefficient (Wildman–Crippen LogP) is 4.44. The summed E-state index contributed by atoms with van der Waals surface area (Å²) in [6.45, 7) is 9.65. The lowest BCUT2D eigenvalue weighted by Crippen LogP contribution is -2.40. The largest absolute Gasteiger partial charge is 0.363 e. The molecule has 27 heavy (non-hydrogen) atoms. The van der Waals surface area contributed by atoms with Crippen molar-refractivity contribution < 1.29 is 4.79 Å². The SMILES string of the molecule is CC(C)C1CCCN1C(=O)c1cnn2c1NC(c1ccccc1)CC2(C)C. The van der Waals surface area contributed by atoms with Crippen LogP contribution in [0.15, 0.2) is 36.5 Å². The molecular weight excluding hydrogens is 336 g/mol. The number of carbonyl (C=O) groups excluding carboxylic acids is 1. The Hall–Kier alpha value is -2.30. The van der Waals surface area contributed by atoms with Crippen LogP contribution in [-0.4, -0.2) is 33.2 Å². The van der Waals surface area contributed by atoms with Crippen molar-refractivity contribution in [2.24, 2.45) is 5.92 Å². The number of hydrogen-bond acceptors (Lipinski definition) is 3. The van der Waals surface area contributed by atoms with Crippen LogP contribution in [0.3, 0.4) is 0 Å². The van der Waals surface area contributed by atoms with Gasteiger partial charge in [-0.25, -0.2) is 4.68 Å². The molecule has 0 spiro atoms. The van der Waals surface area contributed by atoms with Crippen LogP contribution in [0.2, 0.25) is 0 Å². The van der Waals surface area contributed by atoms with E-state index >= 15 is 0 Å². The van der Waals surface area contributed by atoms with Crippen molar-refractivity contribution in [3.8, 4) is 0 Å². The summed E-state index contributed by atoms with van der Waals surface area (Å²) < 4.78 is 2.00. The Morgan fingerprint density at radius 3 is 2.70 bits per heavy atom. The molecule has 1 aromatic heterocycles. The fourth-order valence-corrected chi connectivity index (χ4v) is 4.68. The first-order valence-corrected chi connectivity index (χ1v) is 10.1. The number of fused-ring (bicyclic) bond motifs is 1. The zero-order valence-electron chi connectivity index (χ0n) is 16.8. The molecular formula is C22H30N4O. The van der Waals surface area contributed by atoms with Gasteiger partial charge in [-0.2, -0.15) is 5.10 Å². The molecule has 2 aliphatic heterocycles. The van der Waals surface area contributed by atoms with Gasteiger partial charge in [0.25, 0.3) is 5.91 Å². The average Bonchev–Trinajstić information content (AvgIpc) is 3.29. The van der Waals surface area contributed by atoms with Crippen molar-refractivity contribution in [3.05, 3.63) is 47.7 Å². The molecule has 2 aliphatic rings. The molecule has 2 atom stereocenters. The summed E-state index contributed by atoms with van der Waals surface area (Å²) in [6.07, 6.45) is 4.87. The highest BCUT2D eigenvalue weighted by molar-refractivity contribution is 5.99. The Morgan fingerprint density at radius 1 is 1.26 bits per heavy atom. The van der Waals surface area contributed by atoms with Gasteiger partial charge in [-0.3, -0.25) is 4.79 Å². The van der Waals surface area contributed by atoms with Gasteiger partial charge in [0.05, 0.1) is 17.8 Å². The number of amides is 1. The minimum atomic E-state index is -0.151. The molecule has 144 valence electrons. The van der Waals surface area contributed by atoms with E-state index in [0.717, 1.165) is 31.6 Å². The fourth-order valence-electron chi connectivity index (χ4n) is 4.68. The Kier molecular flexibility index (Phi) is 4.49. The van der Waals surface area contributed by atoms with Crippen molar-refractivity contribution >= 4 is 11.7 Å². The van der Waals surface area contributed by atoms with Gasteiger partial charge in [-0.05, 0) is 44.6 Å². The van der Waals surface area contributed by atoms with Gasteiger partial charge in [0.15, 0.2) is 0 Å². The number of hydrogen-bond donors (Lipinski definition) is 1. The second-order valence-corrected chi connectivity index (χ2v) is 8.89. The van der Waals surface area contributed by atoms with E-state index in [-0.39, 0.29) is 17.5 Å². The van der Waals surface area contributed by atoms with Crippen LogP contribution in [0.1, 0.15) is 68.9 Å². The maximum Gasteiger partial charge on any atom is 0.259 e. The highest BCUT2D eigenvalue weighted by Crippen LogP contribution is 2.40. The molecule has 0 aliphatic carbocycles. The van der Waals surface area contributed by atoms with E-state index in [9.17, 15) is 4.79 Å². The molecule has 1 fully saturated rings. The summed E-state index contributed by atoms with van der Waals surface area (Å²) in [5.74, 6) is 1.45. The quantitative estimate of drug-likeness (QED) is 0.874. The second-order valence-electron chi connectivity index (χ2n) is 8.89. The third-order valence-corrected chi connectivity index (χ3v) is 6.12. The molecule has 1 aromatic carbocycles. The number of likely N-dealkylation sites (tertiary alicyclic amines) is 1. The lowest BCUT2D eigenvalue weighted by atomic mass is 9.89. The number of anilines is 1. The molecule has 1 N–H and O–H groups in total. The van der Waals surface area contributed by atoms with Crippen LogP contribution in [0.5, 0.6) is 0 Å². The summed E-state index contributed by atoms with van der Waals surface area (Å²) in [4.78, 5) is 15.4. The van der Waals surface area contributed by atoms with Gasteiger partial charge < -0.3 is 10.2 Å². The molecule has 4 rings (SSSR count). The molecule has 0 saturated carbocycles. The summed E-state index contributed by atoms with van der Waals surface area (Å²) >= 11 is 0. The smallest absolute Gasteiger partial charge is 0.259 e. The summed E-state index contributed by atoms with van der Waals surface area (Å²) in [5.41, 5.74) is 1.80. The third kappa shape index (κ3) is 3.13. The monoisotopic (exact) mass is 366 g/mol. The van der Waals surface area contributed by atoms with E-state index in [1.165, 1.54) is 5.56 Å². The first-order valence-electron chi connectivity index (χ1n) is 10.1. The summed E-state index contributed by atoms with van der Waals surface area (Å²) in [5, 5.41) is 8.23. The van der Waals surface area contributed by atoms with E-state index in [0.29, 0.717) is 17.5 Å². The van der Waals surface area contributed by atoms with E-state index in [2.05, 4.69) is 67.3 Å². The molecule has 0 bridgehead atoms. The lowest BCUT2D eigenvalue weighted by Gasteiger charge is -2.38. The van der Waals surface area contributed by atoms with E-state index < -0.39 is 0 Å². The van der Waals surface area contributed by atoms with E-state index in [4.69, 9.17) is 0 Å². The van der Waals surface area contributed by atoms with Crippen molar-refractivity contribution in [3.63, 3.8) is 0 Å². The number of rotatable bonds is 3. The van der Waals surface area contributed by atoms with Crippen molar-refractivity contribution in [2.45, 2.75) is 64.6 Å². The highest BCUT2D eigenvalue weighted by atomic mass is 16.2. The number of carbonyl (C=O) groups is 1. The Balaban J connectivity index is 1.68. The molecule has 5 heteroatoms. The number of nitrogens with zero attached hydrogens (tertiary/aromatic N) is 3. The normalized spacial score (nSPS) is 24.0. The van der Waals surface area contributed by atoms with Gasteiger partial charge in [0, 0.05) is 12.6 Å². The first kappa shape index (κ1) is 18.1. The van der Waals surface area contributed by atoms with Gasteiger partial charge in [0.1, 0.15) is 11.4 Å². The molecule has 5 nitrogen and oxygen atoms in total. The van der Waals surface area contributed by atoms with E-state index in [1.807, 2.05) is 10.7 Å². The summed E-state index contributed by atoms with van der Waals surface area (Å²) in [7, 11) is 0. The Labute approximate surface area is 161 Å². The fraction of sp³-hybridized carbons (Fsp3) is 0.545. The second kappa shape index (κ2) is 6.70. The molecule has 2 aromatic rings. The van der Waals surface area contributed by atoms with Gasteiger partial charge >= 0.3 is 0 Å². The zero-order valence-corrected chi connectivity index (χ0v) is 16.8. The van der Waals surface area contributed by atoms with Gasteiger partial charge in [-0.15, -0.1) is 0 Å². The maximum absolute atomic E-state index is 13.4. The van der Waals surface area contributed by atoms with Crippen molar-refractivity contribution in [1.82, 2.24) is 14.7 Å². The Morgan fingerprint density at radius 2 is 2.00 bits per heavy atom. The standard InChI is InChI=1S/C22H30N4O/c1-15(2)19-11-8-12-25(19)21(27)17-14-23-26-20(17)24-18(13-22(26,3)4)16-9-6-5-7-10-16/h5-7,9-10,14-15,18-19,24H,8,11-13H2,1-4H3. The molecule has 1 saturated heterocycles. The zero-order chi connectivity index (χ0) is 19.2. The highest BCUT2D eigenvalue weighted by Gasteiger charge is 2.39. The Bertz CT molecular complexity index is 824. The summed E-state index contributed by atoms with van der Waals surface area (Å²) in [6, 6.07) is 11.0. The third-order valence-electron chi connectivity index (χ3n) is 6.12. The van der Waals surface area contributed by atoms with Crippen LogP contribution in [0.4, 0.5) is 5.82 Å². The van der Waals surface area contributed by atoms with Crippen LogP contribution in [-0.2, 0) is 5.54 Å².